The first-order chi connectivity index (χ1) is 12.0. The van der Waals surface area contributed by atoms with Crippen LogP contribution in [0.4, 0.5) is 11.4 Å². The van der Waals surface area contributed by atoms with Crippen molar-refractivity contribution in [1.29, 1.82) is 5.26 Å². The van der Waals surface area contributed by atoms with Crippen LogP contribution in [0.1, 0.15) is 11.3 Å². The summed E-state index contributed by atoms with van der Waals surface area (Å²) in [5.74, 6) is 0. The number of H-pyrrole nitrogens is 1. The van der Waals surface area contributed by atoms with Crippen LogP contribution in [-0.2, 0) is 4.74 Å². The highest BCUT2D eigenvalue weighted by Gasteiger charge is 2.23. The highest BCUT2D eigenvalue weighted by Crippen LogP contribution is 2.34. The molecule has 1 fully saturated rings. The first-order valence-electron chi connectivity index (χ1n) is 7.77. The average Bonchev–Trinajstić information content (AvgIpc) is 2.61. The van der Waals surface area contributed by atoms with Gasteiger partial charge in [-0.1, -0.05) is 6.07 Å². The number of nitrogens with zero attached hydrogens (tertiary/aromatic N) is 3. The molecule has 0 amide bonds. The number of pyridine rings is 1. The maximum Gasteiger partial charge on any atom is 0.293 e. The van der Waals surface area contributed by atoms with Crippen molar-refractivity contribution in [2.75, 3.05) is 31.2 Å². The number of nitro benzene ring substituents is 1. The molecule has 0 bridgehead atoms. The van der Waals surface area contributed by atoms with Gasteiger partial charge in [-0.05, 0) is 24.6 Å². The van der Waals surface area contributed by atoms with E-state index in [1.807, 2.05) is 11.0 Å². The van der Waals surface area contributed by atoms with Crippen LogP contribution in [0.15, 0.2) is 29.1 Å². The molecule has 25 heavy (non-hydrogen) atoms. The maximum absolute atomic E-state index is 12.0. The molecule has 8 heteroatoms. The molecule has 3 rings (SSSR count). The van der Waals surface area contributed by atoms with E-state index in [9.17, 15) is 20.2 Å². The van der Waals surface area contributed by atoms with Gasteiger partial charge >= 0.3 is 0 Å². The van der Waals surface area contributed by atoms with E-state index in [1.54, 1.807) is 25.1 Å². The molecule has 1 aromatic carbocycles. The van der Waals surface area contributed by atoms with Crippen LogP contribution >= 0.6 is 0 Å². The first kappa shape index (κ1) is 16.7. The lowest BCUT2D eigenvalue weighted by Gasteiger charge is -2.28. The highest BCUT2D eigenvalue weighted by molar-refractivity contribution is 5.77. The van der Waals surface area contributed by atoms with Crippen molar-refractivity contribution >= 4 is 11.4 Å². The molecule has 2 heterocycles. The average molecular weight is 340 g/mol. The van der Waals surface area contributed by atoms with Gasteiger partial charge < -0.3 is 14.6 Å². The molecular formula is C17H16N4O4. The third kappa shape index (κ3) is 3.22. The van der Waals surface area contributed by atoms with Gasteiger partial charge in [0.05, 0.1) is 18.1 Å². The number of nitriles is 1. The van der Waals surface area contributed by atoms with E-state index in [0.29, 0.717) is 48.8 Å². The van der Waals surface area contributed by atoms with Crippen LogP contribution < -0.4 is 10.5 Å². The molecule has 0 unspecified atom stereocenters. The standard InChI is InChI=1S/C17H16N4O4/c1-11-8-13(14(10-18)17(22)19-11)12-2-3-15(16(9-12)21(23)24)20-4-6-25-7-5-20/h2-3,8-9H,4-7H2,1H3,(H,19,22). The van der Waals surface area contributed by atoms with Gasteiger partial charge in [-0.15, -0.1) is 0 Å². The zero-order valence-corrected chi connectivity index (χ0v) is 13.6. The minimum atomic E-state index is -0.502. The summed E-state index contributed by atoms with van der Waals surface area (Å²) in [5.41, 5.74) is 1.34. The molecule has 8 nitrogen and oxygen atoms in total. The normalized spacial score (nSPS) is 14.2. The topological polar surface area (TPSA) is 112 Å². The molecule has 0 saturated carbocycles. The van der Waals surface area contributed by atoms with Crippen molar-refractivity contribution in [1.82, 2.24) is 4.98 Å². The number of ether oxygens (including phenoxy) is 1. The van der Waals surface area contributed by atoms with Crippen molar-refractivity contribution in [3.63, 3.8) is 0 Å². The molecule has 0 atom stereocenters. The number of rotatable bonds is 3. The Balaban J connectivity index is 2.14. The van der Waals surface area contributed by atoms with Gasteiger partial charge in [0.15, 0.2) is 0 Å². The van der Waals surface area contributed by atoms with Crippen molar-refractivity contribution in [3.8, 4) is 17.2 Å². The lowest BCUT2D eigenvalue weighted by atomic mass is 9.99. The summed E-state index contributed by atoms with van der Waals surface area (Å²) in [5, 5.41) is 20.8. The van der Waals surface area contributed by atoms with E-state index < -0.39 is 10.5 Å². The number of benzene rings is 1. The quantitative estimate of drug-likeness (QED) is 0.675. The summed E-state index contributed by atoms with van der Waals surface area (Å²) in [6, 6.07) is 8.30. The fraction of sp³-hybridized carbons (Fsp3) is 0.294. The fourth-order valence-electron chi connectivity index (χ4n) is 2.94. The Kier molecular flexibility index (Phi) is 4.50. The van der Waals surface area contributed by atoms with Crippen LogP contribution in [0.2, 0.25) is 0 Å². The van der Waals surface area contributed by atoms with Gasteiger partial charge in [-0.2, -0.15) is 5.26 Å². The fourth-order valence-corrected chi connectivity index (χ4v) is 2.94. The van der Waals surface area contributed by atoms with Crippen LogP contribution in [-0.4, -0.2) is 36.2 Å². The number of nitrogens with one attached hydrogen (secondary N) is 1. The van der Waals surface area contributed by atoms with Crippen LogP contribution in [0, 0.1) is 28.4 Å². The Hall–Kier alpha value is -3.18. The number of aryl methyl sites for hydroxylation is 1. The van der Waals surface area contributed by atoms with Gasteiger partial charge in [-0.25, -0.2) is 0 Å². The minimum Gasteiger partial charge on any atom is -0.378 e. The molecule has 0 aliphatic carbocycles. The molecule has 2 aromatic rings. The van der Waals surface area contributed by atoms with Crippen LogP contribution in [0.25, 0.3) is 11.1 Å². The van der Waals surface area contributed by atoms with Gasteiger partial charge in [0, 0.05) is 30.4 Å². The molecule has 0 spiro atoms. The zero-order valence-electron chi connectivity index (χ0n) is 13.6. The molecule has 1 aromatic heterocycles. The maximum atomic E-state index is 12.0. The zero-order chi connectivity index (χ0) is 18.0. The van der Waals surface area contributed by atoms with Gasteiger partial charge in [0.1, 0.15) is 17.3 Å². The number of hydrogen-bond donors (Lipinski definition) is 1. The summed E-state index contributed by atoms with van der Waals surface area (Å²) < 4.78 is 5.29. The smallest absolute Gasteiger partial charge is 0.293 e. The van der Waals surface area contributed by atoms with Gasteiger partial charge in [0.2, 0.25) is 0 Å². The van der Waals surface area contributed by atoms with Gasteiger partial charge in [0.25, 0.3) is 11.2 Å². The summed E-state index contributed by atoms with van der Waals surface area (Å²) in [4.78, 5) is 27.5. The van der Waals surface area contributed by atoms with Crippen molar-refractivity contribution in [2.45, 2.75) is 6.92 Å². The molecule has 1 saturated heterocycles. The third-order valence-corrected chi connectivity index (χ3v) is 4.11. The van der Waals surface area contributed by atoms with E-state index in [2.05, 4.69) is 4.98 Å². The van der Waals surface area contributed by atoms with Crippen LogP contribution in [0.5, 0.6) is 0 Å². The predicted octanol–water partition coefficient (Wildman–Crippen LogP) is 1.97. The number of anilines is 1. The Morgan fingerprint density at radius 3 is 2.68 bits per heavy atom. The summed E-state index contributed by atoms with van der Waals surface area (Å²) in [6.45, 7) is 3.89. The number of hydrogen-bond acceptors (Lipinski definition) is 6. The molecular weight excluding hydrogens is 324 g/mol. The summed E-state index contributed by atoms with van der Waals surface area (Å²) in [6.07, 6.45) is 0. The molecule has 128 valence electrons. The lowest BCUT2D eigenvalue weighted by molar-refractivity contribution is -0.384. The van der Waals surface area contributed by atoms with Crippen molar-refractivity contribution in [3.05, 3.63) is 56.0 Å². The number of morpholine rings is 1. The van der Waals surface area contributed by atoms with Crippen molar-refractivity contribution < 1.29 is 9.66 Å². The highest BCUT2D eigenvalue weighted by atomic mass is 16.6. The second-order valence-electron chi connectivity index (χ2n) is 5.74. The Morgan fingerprint density at radius 2 is 2.04 bits per heavy atom. The second kappa shape index (κ2) is 6.75. The third-order valence-electron chi connectivity index (χ3n) is 4.11. The lowest BCUT2D eigenvalue weighted by Crippen LogP contribution is -2.36. The van der Waals surface area contributed by atoms with Crippen LogP contribution in [0.3, 0.4) is 0 Å². The molecule has 1 N–H and O–H groups in total. The summed E-state index contributed by atoms with van der Waals surface area (Å²) >= 11 is 0. The first-order valence-corrected chi connectivity index (χ1v) is 7.77. The largest absolute Gasteiger partial charge is 0.378 e. The van der Waals surface area contributed by atoms with E-state index >= 15 is 0 Å². The summed E-state index contributed by atoms with van der Waals surface area (Å²) in [7, 11) is 0. The van der Waals surface area contributed by atoms with E-state index in [1.165, 1.54) is 6.07 Å². The van der Waals surface area contributed by atoms with Gasteiger partial charge in [-0.3, -0.25) is 14.9 Å². The molecule has 1 aliphatic rings. The number of nitro groups is 1. The monoisotopic (exact) mass is 340 g/mol. The SMILES string of the molecule is Cc1cc(-c2ccc(N3CCOCC3)c([N+](=O)[O-])c2)c(C#N)c(=O)[nH]1. The second-order valence-corrected chi connectivity index (χ2v) is 5.74. The number of aromatic nitrogens is 1. The molecule has 1 aliphatic heterocycles. The number of aromatic amines is 1. The predicted molar refractivity (Wildman–Crippen MR) is 91.6 cm³/mol. The molecule has 0 radical (unpaired) electrons. The van der Waals surface area contributed by atoms with E-state index in [4.69, 9.17) is 4.74 Å². The minimum absolute atomic E-state index is 0.0544. The Bertz CT molecular complexity index is 923. The Morgan fingerprint density at radius 1 is 1.32 bits per heavy atom. The van der Waals surface area contributed by atoms with E-state index in [0.717, 1.165) is 0 Å². The Labute approximate surface area is 143 Å². The van der Waals surface area contributed by atoms with E-state index in [-0.39, 0.29) is 11.3 Å². The van der Waals surface area contributed by atoms with Crippen molar-refractivity contribution in [2.24, 2.45) is 0 Å².